The van der Waals surface area contributed by atoms with Crippen LogP contribution < -0.4 is 15.4 Å². The van der Waals surface area contributed by atoms with Crippen molar-refractivity contribution in [2.24, 2.45) is 10.9 Å². The fourth-order valence-electron chi connectivity index (χ4n) is 2.16. The SMILES string of the molecule is CCNC(=NCc1ccc(OCCOC)cc1)NCCCC(C)C. The first-order valence-electron chi connectivity index (χ1n) is 8.88. The number of nitrogens with zero attached hydrogens (tertiary/aromatic N) is 1. The summed E-state index contributed by atoms with van der Waals surface area (Å²) < 4.78 is 10.5. The molecule has 24 heavy (non-hydrogen) atoms. The minimum atomic E-state index is 0.568. The topological polar surface area (TPSA) is 54.9 Å². The standard InChI is InChI=1S/C19H33N3O2/c1-5-20-19(21-12-6-7-16(2)3)22-15-17-8-10-18(11-9-17)24-14-13-23-4/h8-11,16H,5-7,12-15H2,1-4H3,(H2,20,21,22). The van der Waals surface area contributed by atoms with E-state index in [0.717, 1.165) is 42.7 Å². The van der Waals surface area contributed by atoms with E-state index < -0.39 is 0 Å². The van der Waals surface area contributed by atoms with Crippen LogP contribution in [0, 0.1) is 5.92 Å². The zero-order valence-electron chi connectivity index (χ0n) is 15.6. The minimum absolute atomic E-state index is 0.568. The second kappa shape index (κ2) is 12.6. The van der Waals surface area contributed by atoms with Gasteiger partial charge in [-0.15, -0.1) is 0 Å². The maximum Gasteiger partial charge on any atom is 0.191 e. The van der Waals surface area contributed by atoms with Crippen molar-refractivity contribution >= 4 is 5.96 Å². The van der Waals surface area contributed by atoms with Gasteiger partial charge in [0, 0.05) is 20.2 Å². The Hall–Kier alpha value is -1.75. The Morgan fingerprint density at radius 3 is 2.50 bits per heavy atom. The lowest BCUT2D eigenvalue weighted by Crippen LogP contribution is -2.37. The Balaban J connectivity index is 2.43. The van der Waals surface area contributed by atoms with Crippen LogP contribution in [0.2, 0.25) is 0 Å². The lowest BCUT2D eigenvalue weighted by Gasteiger charge is -2.12. The number of aliphatic imine (C=N–C) groups is 1. The number of hydrogen-bond donors (Lipinski definition) is 2. The molecular weight excluding hydrogens is 302 g/mol. The monoisotopic (exact) mass is 335 g/mol. The van der Waals surface area contributed by atoms with E-state index in [1.165, 1.54) is 6.42 Å². The molecule has 1 rings (SSSR count). The fourth-order valence-corrected chi connectivity index (χ4v) is 2.16. The van der Waals surface area contributed by atoms with Gasteiger partial charge in [0.2, 0.25) is 0 Å². The molecule has 0 unspecified atom stereocenters. The predicted molar refractivity (Wildman–Crippen MR) is 101 cm³/mol. The van der Waals surface area contributed by atoms with E-state index in [4.69, 9.17) is 9.47 Å². The van der Waals surface area contributed by atoms with E-state index >= 15 is 0 Å². The average Bonchev–Trinajstić information content (AvgIpc) is 2.57. The van der Waals surface area contributed by atoms with Crippen LogP contribution in [0.4, 0.5) is 0 Å². The zero-order valence-corrected chi connectivity index (χ0v) is 15.6. The van der Waals surface area contributed by atoms with E-state index in [9.17, 15) is 0 Å². The second-order valence-electron chi connectivity index (χ2n) is 6.14. The summed E-state index contributed by atoms with van der Waals surface area (Å²) >= 11 is 0. The van der Waals surface area contributed by atoms with E-state index in [2.05, 4.69) is 36.4 Å². The summed E-state index contributed by atoms with van der Waals surface area (Å²) in [4.78, 5) is 4.64. The van der Waals surface area contributed by atoms with Crippen LogP contribution in [0.3, 0.4) is 0 Å². The molecule has 2 N–H and O–H groups in total. The summed E-state index contributed by atoms with van der Waals surface area (Å²) in [5.41, 5.74) is 1.16. The lowest BCUT2D eigenvalue weighted by molar-refractivity contribution is 0.146. The maximum atomic E-state index is 5.56. The summed E-state index contributed by atoms with van der Waals surface area (Å²) in [6, 6.07) is 8.05. The highest BCUT2D eigenvalue weighted by atomic mass is 16.5. The average molecular weight is 335 g/mol. The highest BCUT2D eigenvalue weighted by molar-refractivity contribution is 5.79. The molecule has 0 atom stereocenters. The molecule has 0 aliphatic heterocycles. The highest BCUT2D eigenvalue weighted by Crippen LogP contribution is 2.12. The summed E-state index contributed by atoms with van der Waals surface area (Å²) in [6.45, 7) is 10.2. The smallest absolute Gasteiger partial charge is 0.191 e. The molecule has 0 fully saturated rings. The molecular formula is C19H33N3O2. The molecule has 0 aromatic heterocycles. The minimum Gasteiger partial charge on any atom is -0.491 e. The third-order valence-electron chi connectivity index (χ3n) is 3.49. The van der Waals surface area contributed by atoms with Gasteiger partial charge in [-0.3, -0.25) is 0 Å². The van der Waals surface area contributed by atoms with E-state index in [-0.39, 0.29) is 0 Å². The summed E-state index contributed by atoms with van der Waals surface area (Å²) in [5.74, 6) is 2.48. The van der Waals surface area contributed by atoms with Crippen LogP contribution in [0.15, 0.2) is 29.3 Å². The normalized spacial score (nSPS) is 11.6. The number of methoxy groups -OCH3 is 1. The number of guanidine groups is 1. The van der Waals surface area contributed by atoms with Crippen LogP contribution in [-0.4, -0.2) is 39.4 Å². The molecule has 0 bridgehead atoms. The highest BCUT2D eigenvalue weighted by Gasteiger charge is 2.00. The molecule has 5 nitrogen and oxygen atoms in total. The molecule has 0 aliphatic carbocycles. The maximum absolute atomic E-state index is 5.56. The number of hydrogen-bond acceptors (Lipinski definition) is 3. The van der Waals surface area contributed by atoms with Crippen molar-refractivity contribution in [3.05, 3.63) is 29.8 Å². The van der Waals surface area contributed by atoms with Crippen LogP contribution in [0.25, 0.3) is 0 Å². The van der Waals surface area contributed by atoms with Gasteiger partial charge in [0.25, 0.3) is 0 Å². The van der Waals surface area contributed by atoms with Crippen LogP contribution in [0.1, 0.15) is 39.2 Å². The lowest BCUT2D eigenvalue weighted by atomic mass is 10.1. The number of ether oxygens (including phenoxy) is 2. The van der Waals surface area contributed by atoms with Crippen molar-refractivity contribution < 1.29 is 9.47 Å². The molecule has 0 heterocycles. The van der Waals surface area contributed by atoms with Gasteiger partial charge in [-0.2, -0.15) is 0 Å². The van der Waals surface area contributed by atoms with Gasteiger partial charge in [0.1, 0.15) is 12.4 Å². The van der Waals surface area contributed by atoms with Crippen molar-refractivity contribution in [2.45, 2.75) is 40.2 Å². The van der Waals surface area contributed by atoms with Gasteiger partial charge in [0.05, 0.1) is 13.2 Å². The summed E-state index contributed by atoms with van der Waals surface area (Å²) in [7, 11) is 1.67. The van der Waals surface area contributed by atoms with Crippen molar-refractivity contribution in [3.8, 4) is 5.75 Å². The quantitative estimate of drug-likeness (QED) is 0.370. The number of nitrogens with one attached hydrogen (secondary N) is 2. The van der Waals surface area contributed by atoms with Crippen molar-refractivity contribution in [1.82, 2.24) is 10.6 Å². The first kappa shape index (κ1) is 20.3. The van der Waals surface area contributed by atoms with Crippen LogP contribution >= 0.6 is 0 Å². The molecule has 5 heteroatoms. The third-order valence-corrected chi connectivity index (χ3v) is 3.49. The van der Waals surface area contributed by atoms with Gasteiger partial charge in [-0.25, -0.2) is 4.99 Å². The Bertz CT molecular complexity index is 458. The van der Waals surface area contributed by atoms with Gasteiger partial charge in [-0.1, -0.05) is 26.0 Å². The van der Waals surface area contributed by atoms with E-state index in [0.29, 0.717) is 19.8 Å². The molecule has 0 amide bonds. The number of benzene rings is 1. The van der Waals surface area contributed by atoms with Gasteiger partial charge in [0.15, 0.2) is 5.96 Å². The van der Waals surface area contributed by atoms with Crippen LogP contribution in [-0.2, 0) is 11.3 Å². The Morgan fingerprint density at radius 2 is 1.88 bits per heavy atom. The third kappa shape index (κ3) is 9.40. The Morgan fingerprint density at radius 1 is 1.12 bits per heavy atom. The van der Waals surface area contributed by atoms with Gasteiger partial charge < -0.3 is 20.1 Å². The zero-order chi connectivity index (χ0) is 17.6. The van der Waals surface area contributed by atoms with Crippen LogP contribution in [0.5, 0.6) is 5.75 Å². The summed E-state index contributed by atoms with van der Waals surface area (Å²) in [6.07, 6.45) is 2.40. The van der Waals surface area contributed by atoms with Crippen molar-refractivity contribution in [2.75, 3.05) is 33.4 Å². The van der Waals surface area contributed by atoms with Crippen molar-refractivity contribution in [1.29, 1.82) is 0 Å². The van der Waals surface area contributed by atoms with Gasteiger partial charge >= 0.3 is 0 Å². The molecule has 136 valence electrons. The molecule has 0 radical (unpaired) electrons. The Kier molecular flexibility index (Phi) is 10.7. The summed E-state index contributed by atoms with van der Waals surface area (Å²) in [5, 5.41) is 6.68. The van der Waals surface area contributed by atoms with Crippen molar-refractivity contribution in [3.63, 3.8) is 0 Å². The largest absolute Gasteiger partial charge is 0.491 e. The first-order chi connectivity index (χ1) is 11.7. The van der Waals surface area contributed by atoms with E-state index in [1.54, 1.807) is 7.11 Å². The molecule has 0 aliphatic rings. The first-order valence-corrected chi connectivity index (χ1v) is 8.88. The van der Waals surface area contributed by atoms with Gasteiger partial charge in [-0.05, 0) is 43.4 Å². The molecule has 1 aromatic rings. The second-order valence-corrected chi connectivity index (χ2v) is 6.14. The molecule has 1 aromatic carbocycles. The fraction of sp³-hybridized carbons (Fsp3) is 0.632. The Labute approximate surface area is 146 Å². The molecule has 0 saturated carbocycles. The number of rotatable bonds is 11. The predicted octanol–water partition coefficient (Wildman–Crippen LogP) is 3.20. The molecule has 0 saturated heterocycles. The molecule has 0 spiro atoms. The van der Waals surface area contributed by atoms with E-state index in [1.807, 2.05) is 24.3 Å².